The van der Waals surface area contributed by atoms with Gasteiger partial charge in [-0.25, -0.2) is 13.6 Å². The summed E-state index contributed by atoms with van der Waals surface area (Å²) in [6, 6.07) is 13.2. The average Bonchev–Trinajstić information content (AvgIpc) is 3.90. The van der Waals surface area contributed by atoms with Crippen LogP contribution in [0.15, 0.2) is 67.1 Å². The Hall–Kier alpha value is -6.12. The second kappa shape index (κ2) is 17.0. The number of anilines is 1. The van der Waals surface area contributed by atoms with Crippen LogP contribution in [-0.4, -0.2) is 79.5 Å². The molecule has 3 aliphatic rings. The first-order valence-electron chi connectivity index (χ1n) is 20.5. The van der Waals surface area contributed by atoms with Crippen LogP contribution in [-0.2, 0) is 11.3 Å². The van der Waals surface area contributed by atoms with E-state index in [0.29, 0.717) is 36.8 Å². The number of amides is 5. The molecule has 1 saturated carbocycles. The third-order valence-corrected chi connectivity index (χ3v) is 12.2. The molecule has 8 rings (SSSR count). The van der Waals surface area contributed by atoms with Crippen molar-refractivity contribution in [2.24, 2.45) is 11.8 Å². The lowest BCUT2D eigenvalue weighted by atomic mass is 9.86. The quantitative estimate of drug-likeness (QED) is 0.128. The van der Waals surface area contributed by atoms with Crippen LogP contribution in [0.2, 0.25) is 0 Å². The Kier molecular flexibility index (Phi) is 11.4. The molecule has 3 fully saturated rings. The van der Waals surface area contributed by atoms with Crippen molar-refractivity contribution in [2.45, 2.75) is 77.3 Å². The number of nitrogens with one attached hydrogen (secondary N) is 2. The molecular formula is C44H48F2N8O5. The van der Waals surface area contributed by atoms with Crippen molar-refractivity contribution in [3.8, 4) is 16.9 Å². The number of benzene rings is 3. The van der Waals surface area contributed by atoms with Crippen molar-refractivity contribution in [3.05, 3.63) is 95.4 Å². The summed E-state index contributed by atoms with van der Waals surface area (Å²) >= 11 is 0. The Morgan fingerprint density at radius 3 is 2.39 bits per heavy atom. The van der Waals surface area contributed by atoms with Gasteiger partial charge < -0.3 is 15.3 Å². The third-order valence-electron chi connectivity index (χ3n) is 12.2. The summed E-state index contributed by atoms with van der Waals surface area (Å²) in [4.78, 5) is 53.4. The number of aryl methyl sites for hydroxylation is 2. The van der Waals surface area contributed by atoms with Crippen LogP contribution >= 0.6 is 0 Å². The number of fused-ring (bicyclic) bond motifs is 1. The van der Waals surface area contributed by atoms with Gasteiger partial charge in [0.05, 0.1) is 17.8 Å². The molecule has 0 bridgehead atoms. The van der Waals surface area contributed by atoms with Gasteiger partial charge in [0.25, 0.3) is 11.8 Å². The number of nitrogens with zero attached hydrogens (tertiary/aromatic N) is 6. The zero-order valence-corrected chi connectivity index (χ0v) is 33.0. The number of aromatic nitrogens is 4. The van der Waals surface area contributed by atoms with Gasteiger partial charge in [0, 0.05) is 79.3 Å². The lowest BCUT2D eigenvalue weighted by Crippen LogP contribution is -2.49. The van der Waals surface area contributed by atoms with Crippen LogP contribution in [0.5, 0.6) is 5.75 Å². The summed E-state index contributed by atoms with van der Waals surface area (Å²) in [5.41, 5.74) is 4.90. The summed E-state index contributed by atoms with van der Waals surface area (Å²) < 4.78 is 31.4. The summed E-state index contributed by atoms with van der Waals surface area (Å²) in [6.45, 7) is 4.77. The molecule has 0 unspecified atom stereocenters. The lowest BCUT2D eigenvalue weighted by molar-refractivity contribution is -0.120. The van der Waals surface area contributed by atoms with Crippen molar-refractivity contribution < 1.29 is 33.1 Å². The third kappa shape index (κ3) is 8.83. The van der Waals surface area contributed by atoms with Gasteiger partial charge in [0.15, 0.2) is 17.4 Å². The minimum Gasteiger partial charge on any atom is -0.503 e. The summed E-state index contributed by atoms with van der Waals surface area (Å²) in [7, 11) is 0. The van der Waals surface area contributed by atoms with Gasteiger partial charge in [0.2, 0.25) is 5.91 Å². The van der Waals surface area contributed by atoms with Gasteiger partial charge in [-0.1, -0.05) is 18.2 Å². The van der Waals surface area contributed by atoms with Gasteiger partial charge in [-0.05, 0) is 112 Å². The van der Waals surface area contributed by atoms with Crippen LogP contribution in [0.1, 0.15) is 90.1 Å². The van der Waals surface area contributed by atoms with E-state index in [0.717, 1.165) is 97.6 Å². The van der Waals surface area contributed by atoms with E-state index in [1.165, 1.54) is 4.90 Å². The summed E-state index contributed by atoms with van der Waals surface area (Å²) in [5.74, 6) is -3.55. The molecule has 59 heavy (non-hydrogen) atoms. The molecule has 0 radical (unpaired) electrons. The molecule has 15 heteroatoms. The van der Waals surface area contributed by atoms with Crippen molar-refractivity contribution in [2.75, 3.05) is 31.1 Å². The van der Waals surface area contributed by atoms with Crippen molar-refractivity contribution in [1.82, 2.24) is 35.1 Å². The fourth-order valence-corrected chi connectivity index (χ4v) is 8.66. The molecule has 2 saturated heterocycles. The van der Waals surface area contributed by atoms with Gasteiger partial charge in [-0.2, -0.15) is 10.2 Å². The number of piperidine rings is 1. The minimum atomic E-state index is -1.16. The molecular weight excluding hydrogens is 759 g/mol. The van der Waals surface area contributed by atoms with Gasteiger partial charge in [-0.3, -0.25) is 34.0 Å². The molecule has 5 aromatic rings. The Morgan fingerprint density at radius 1 is 0.881 bits per heavy atom. The van der Waals surface area contributed by atoms with E-state index in [9.17, 15) is 33.1 Å². The van der Waals surface area contributed by atoms with Gasteiger partial charge >= 0.3 is 6.03 Å². The number of likely N-dealkylation sites (tertiary alicyclic amines) is 1. The molecule has 2 aromatic heterocycles. The minimum absolute atomic E-state index is 0.0377. The smallest absolute Gasteiger partial charge is 0.328 e. The molecule has 3 aromatic carbocycles. The van der Waals surface area contributed by atoms with E-state index in [2.05, 4.69) is 51.0 Å². The normalized spacial score (nSPS) is 19.0. The number of carbonyl (C=O) groups is 4. The van der Waals surface area contributed by atoms with Crippen LogP contribution in [0.4, 0.5) is 19.3 Å². The zero-order valence-electron chi connectivity index (χ0n) is 33.0. The van der Waals surface area contributed by atoms with Crippen molar-refractivity contribution in [1.29, 1.82) is 0 Å². The van der Waals surface area contributed by atoms with E-state index in [-0.39, 0.29) is 42.3 Å². The first-order chi connectivity index (χ1) is 28.5. The predicted molar refractivity (Wildman–Crippen MR) is 217 cm³/mol. The number of hydrogen-bond acceptors (Lipinski definition) is 7. The highest BCUT2D eigenvalue weighted by atomic mass is 19.1. The highest BCUT2D eigenvalue weighted by Crippen LogP contribution is 2.34. The number of halogens is 2. The first kappa shape index (κ1) is 39.7. The largest absolute Gasteiger partial charge is 0.503 e. The van der Waals surface area contributed by atoms with E-state index in [4.69, 9.17) is 5.10 Å². The zero-order chi connectivity index (χ0) is 41.2. The molecule has 2 aliphatic heterocycles. The number of phenolic OH excluding ortho intramolecular Hbond substituents is 1. The number of hydrogen-bond donors (Lipinski definition) is 3. The summed E-state index contributed by atoms with van der Waals surface area (Å²) in [5, 5.41) is 25.1. The molecule has 13 nitrogen and oxygen atoms in total. The van der Waals surface area contributed by atoms with Crippen LogP contribution in [0.3, 0.4) is 0 Å². The SMILES string of the molecule is Cc1ccc(C(=O)N2CCC(CCCn3cc(-c4ccc5cn(C6CCC(CNC(=O)c7cc(F)c(O)c(F)c7)CC6)nc5c4)cn3)CC2)cc1N1CCC(=O)NC1=O. The molecule has 0 spiro atoms. The highest BCUT2D eigenvalue weighted by molar-refractivity contribution is 6.06. The topological polar surface area (TPSA) is 155 Å². The second-order valence-corrected chi connectivity index (χ2v) is 16.2. The summed E-state index contributed by atoms with van der Waals surface area (Å²) in [6.07, 6.45) is 13.8. The standard InChI is InChI=1S/C44H48F2N8O5/c1-27-4-7-31(22-39(27)53-18-14-40(55)49-44(53)59)43(58)51-16-12-28(13-17-51)3-2-15-52-25-34(24-48-52)30-8-9-32-26-54(50-38(32)21-30)35-10-5-29(6-11-35)23-47-42(57)33-19-36(45)41(56)37(46)20-33/h4,7-9,19-22,24-26,28-29,35,56H,2-3,5-6,10-18,23H2,1H3,(H,47,57)(H,49,55,59). The first-order valence-corrected chi connectivity index (χ1v) is 20.5. The van der Waals surface area contributed by atoms with Crippen molar-refractivity contribution in [3.63, 3.8) is 0 Å². The molecule has 0 atom stereocenters. The fraction of sp³-hybridized carbons (Fsp3) is 0.409. The van der Waals surface area contributed by atoms with E-state index >= 15 is 0 Å². The molecule has 3 N–H and O–H groups in total. The van der Waals surface area contributed by atoms with Gasteiger partial charge in [-0.15, -0.1) is 0 Å². The van der Waals surface area contributed by atoms with Gasteiger partial charge in [0.1, 0.15) is 0 Å². The molecule has 4 heterocycles. The van der Waals surface area contributed by atoms with Crippen LogP contribution in [0.25, 0.3) is 22.0 Å². The lowest BCUT2D eigenvalue weighted by Gasteiger charge is -2.33. The van der Waals surface area contributed by atoms with Crippen LogP contribution in [0, 0.1) is 30.4 Å². The molecule has 5 amide bonds. The molecule has 308 valence electrons. The van der Waals surface area contributed by atoms with E-state index in [1.54, 1.807) is 6.07 Å². The Bertz CT molecular complexity index is 2370. The second-order valence-electron chi connectivity index (χ2n) is 16.2. The maximum absolute atomic E-state index is 13.7. The maximum Gasteiger partial charge on any atom is 0.328 e. The Balaban J connectivity index is 0.780. The van der Waals surface area contributed by atoms with Crippen LogP contribution < -0.4 is 15.5 Å². The number of aromatic hydroxyl groups is 1. The number of urea groups is 1. The molecule has 1 aliphatic carbocycles. The Labute approximate surface area is 340 Å². The highest BCUT2D eigenvalue weighted by Gasteiger charge is 2.29. The average molecular weight is 807 g/mol. The van der Waals surface area contributed by atoms with Crippen molar-refractivity contribution >= 4 is 40.3 Å². The maximum atomic E-state index is 13.7. The Morgan fingerprint density at radius 2 is 1.64 bits per heavy atom. The predicted octanol–water partition coefficient (Wildman–Crippen LogP) is 7.13. The number of rotatable bonds is 11. The van der Waals surface area contributed by atoms with E-state index in [1.807, 2.05) is 34.8 Å². The number of imide groups is 1. The fourth-order valence-electron chi connectivity index (χ4n) is 8.66. The number of phenols is 1. The monoisotopic (exact) mass is 806 g/mol. The number of carbonyl (C=O) groups excluding carboxylic acids is 4. The van der Waals surface area contributed by atoms with E-state index < -0.39 is 29.3 Å².